The second-order valence-electron chi connectivity index (χ2n) is 2.69. The summed E-state index contributed by atoms with van der Waals surface area (Å²) in [6, 6.07) is 2.05. The Balaban J connectivity index is 2.27. The van der Waals surface area contributed by atoms with Crippen molar-refractivity contribution in [2.75, 3.05) is 6.54 Å². The molecule has 0 aliphatic rings. The van der Waals surface area contributed by atoms with E-state index in [4.69, 9.17) is 11.6 Å². The number of nitrogens with one attached hydrogen (secondary N) is 1. The Morgan fingerprint density at radius 2 is 2.43 bits per heavy atom. The fourth-order valence-electron chi connectivity index (χ4n) is 0.966. The molecule has 1 nitrogen and oxygen atoms in total. The molecular formula is C10H11BrClNS. The molecule has 1 aromatic heterocycles. The summed E-state index contributed by atoms with van der Waals surface area (Å²) in [7, 11) is 0. The molecule has 0 radical (unpaired) electrons. The number of hydrogen-bond acceptors (Lipinski definition) is 2. The summed E-state index contributed by atoms with van der Waals surface area (Å²) < 4.78 is 1.80. The van der Waals surface area contributed by atoms with Crippen LogP contribution >= 0.6 is 38.9 Å². The van der Waals surface area contributed by atoms with E-state index in [1.807, 2.05) is 13.0 Å². The SMILES string of the molecule is CC#CCCNCc1cc(Br)c(Cl)s1. The van der Waals surface area contributed by atoms with Crippen molar-refractivity contribution < 1.29 is 0 Å². The van der Waals surface area contributed by atoms with Crippen LogP contribution in [-0.2, 0) is 6.54 Å². The molecule has 1 N–H and O–H groups in total. The van der Waals surface area contributed by atoms with Crippen LogP contribution in [0.2, 0.25) is 4.34 Å². The molecule has 0 spiro atoms. The number of halogens is 2. The smallest absolute Gasteiger partial charge is 0.107 e. The van der Waals surface area contributed by atoms with Crippen LogP contribution in [0.1, 0.15) is 18.2 Å². The molecule has 0 aliphatic carbocycles. The molecule has 0 saturated heterocycles. The van der Waals surface area contributed by atoms with E-state index in [0.717, 1.165) is 28.3 Å². The maximum Gasteiger partial charge on any atom is 0.107 e. The molecule has 76 valence electrons. The summed E-state index contributed by atoms with van der Waals surface area (Å²) in [4.78, 5) is 1.24. The van der Waals surface area contributed by atoms with E-state index in [1.165, 1.54) is 4.88 Å². The van der Waals surface area contributed by atoms with Crippen molar-refractivity contribution in [3.8, 4) is 11.8 Å². The van der Waals surface area contributed by atoms with Crippen LogP contribution in [0, 0.1) is 11.8 Å². The monoisotopic (exact) mass is 291 g/mol. The third-order valence-electron chi connectivity index (χ3n) is 1.60. The maximum atomic E-state index is 5.91. The Morgan fingerprint density at radius 3 is 3.00 bits per heavy atom. The first-order valence-electron chi connectivity index (χ1n) is 4.28. The van der Waals surface area contributed by atoms with Crippen molar-refractivity contribution in [1.82, 2.24) is 5.32 Å². The fraction of sp³-hybridized carbons (Fsp3) is 0.400. The first-order chi connectivity index (χ1) is 6.74. The lowest BCUT2D eigenvalue weighted by molar-refractivity contribution is 0.708. The highest BCUT2D eigenvalue weighted by Crippen LogP contribution is 2.31. The minimum absolute atomic E-state index is 0.815. The standard InChI is InChI=1S/C10H11BrClNS/c1-2-3-4-5-13-7-8-6-9(11)10(12)14-8/h6,13H,4-5,7H2,1H3. The van der Waals surface area contributed by atoms with Crippen molar-refractivity contribution in [3.05, 3.63) is 19.8 Å². The lowest BCUT2D eigenvalue weighted by atomic mass is 10.4. The van der Waals surface area contributed by atoms with Gasteiger partial charge in [-0.3, -0.25) is 0 Å². The molecule has 1 heterocycles. The van der Waals surface area contributed by atoms with Gasteiger partial charge in [0.2, 0.25) is 0 Å². The number of hydrogen-bond donors (Lipinski definition) is 1. The van der Waals surface area contributed by atoms with Crippen LogP contribution in [0.25, 0.3) is 0 Å². The van der Waals surface area contributed by atoms with Gasteiger partial charge in [-0.15, -0.1) is 23.2 Å². The van der Waals surface area contributed by atoms with Gasteiger partial charge in [-0.25, -0.2) is 0 Å². The third kappa shape index (κ3) is 4.02. The highest BCUT2D eigenvalue weighted by molar-refractivity contribution is 9.10. The van der Waals surface area contributed by atoms with Crippen LogP contribution in [0.4, 0.5) is 0 Å². The van der Waals surface area contributed by atoms with Gasteiger partial charge in [-0.1, -0.05) is 11.6 Å². The number of rotatable bonds is 4. The van der Waals surface area contributed by atoms with Crippen molar-refractivity contribution >= 4 is 38.9 Å². The molecule has 0 atom stereocenters. The number of thiophene rings is 1. The van der Waals surface area contributed by atoms with E-state index in [-0.39, 0.29) is 0 Å². The van der Waals surface area contributed by atoms with E-state index in [9.17, 15) is 0 Å². The minimum Gasteiger partial charge on any atom is -0.311 e. The Bertz CT molecular complexity index is 331. The van der Waals surface area contributed by atoms with Crippen molar-refractivity contribution in [2.45, 2.75) is 19.9 Å². The van der Waals surface area contributed by atoms with Crippen LogP contribution < -0.4 is 5.32 Å². The molecular weight excluding hydrogens is 282 g/mol. The lowest BCUT2D eigenvalue weighted by Crippen LogP contribution is -2.13. The summed E-state index contributed by atoms with van der Waals surface area (Å²) in [5.74, 6) is 5.87. The molecule has 0 fully saturated rings. The van der Waals surface area contributed by atoms with Gasteiger partial charge in [0.05, 0.1) is 0 Å². The Kier molecular flexibility index (Phi) is 5.57. The predicted molar refractivity (Wildman–Crippen MR) is 66.8 cm³/mol. The quantitative estimate of drug-likeness (QED) is 0.659. The van der Waals surface area contributed by atoms with Crippen molar-refractivity contribution in [2.24, 2.45) is 0 Å². The molecule has 4 heteroatoms. The normalized spacial score (nSPS) is 9.64. The zero-order valence-electron chi connectivity index (χ0n) is 7.86. The van der Waals surface area contributed by atoms with E-state index in [2.05, 4.69) is 33.1 Å². The topological polar surface area (TPSA) is 12.0 Å². The molecule has 0 aromatic carbocycles. The maximum absolute atomic E-state index is 5.91. The molecule has 0 bridgehead atoms. The van der Waals surface area contributed by atoms with Crippen LogP contribution in [0.15, 0.2) is 10.5 Å². The van der Waals surface area contributed by atoms with E-state index in [0.29, 0.717) is 0 Å². The minimum atomic E-state index is 0.815. The predicted octanol–water partition coefficient (Wildman–Crippen LogP) is 3.67. The zero-order chi connectivity index (χ0) is 10.4. The van der Waals surface area contributed by atoms with Crippen LogP contribution in [0.5, 0.6) is 0 Å². The molecule has 0 saturated carbocycles. The Hall–Kier alpha value is -0.0100. The molecule has 0 unspecified atom stereocenters. The van der Waals surface area contributed by atoms with Gasteiger partial charge in [0.15, 0.2) is 0 Å². The Labute approximate surface area is 102 Å². The van der Waals surface area contributed by atoms with Crippen LogP contribution in [-0.4, -0.2) is 6.54 Å². The molecule has 1 rings (SSSR count). The van der Waals surface area contributed by atoms with Crippen LogP contribution in [0.3, 0.4) is 0 Å². The average molecular weight is 293 g/mol. The van der Waals surface area contributed by atoms with Gasteiger partial charge in [0.1, 0.15) is 4.34 Å². The highest BCUT2D eigenvalue weighted by Gasteiger charge is 2.03. The summed E-state index contributed by atoms with van der Waals surface area (Å²) >= 11 is 10.9. The van der Waals surface area contributed by atoms with Crippen molar-refractivity contribution in [3.63, 3.8) is 0 Å². The third-order valence-corrected chi connectivity index (χ3v) is 4.07. The van der Waals surface area contributed by atoms with Gasteiger partial charge < -0.3 is 5.32 Å². The molecule has 0 aliphatic heterocycles. The second-order valence-corrected chi connectivity index (χ2v) is 5.28. The first kappa shape index (κ1) is 12.1. The second kappa shape index (κ2) is 6.47. The van der Waals surface area contributed by atoms with E-state index < -0.39 is 0 Å². The fourth-order valence-corrected chi connectivity index (χ4v) is 2.73. The lowest BCUT2D eigenvalue weighted by Gasteiger charge is -1.97. The molecule has 14 heavy (non-hydrogen) atoms. The molecule has 0 amide bonds. The van der Waals surface area contributed by atoms with E-state index in [1.54, 1.807) is 11.3 Å². The van der Waals surface area contributed by atoms with Gasteiger partial charge in [0, 0.05) is 28.9 Å². The van der Waals surface area contributed by atoms with Gasteiger partial charge >= 0.3 is 0 Å². The summed E-state index contributed by atoms with van der Waals surface area (Å²) in [5, 5.41) is 3.31. The Morgan fingerprint density at radius 1 is 1.64 bits per heavy atom. The molecule has 1 aromatic rings. The van der Waals surface area contributed by atoms with E-state index >= 15 is 0 Å². The largest absolute Gasteiger partial charge is 0.311 e. The van der Waals surface area contributed by atoms with Crippen molar-refractivity contribution in [1.29, 1.82) is 0 Å². The average Bonchev–Trinajstić information content (AvgIpc) is 2.46. The van der Waals surface area contributed by atoms with Gasteiger partial charge in [0.25, 0.3) is 0 Å². The summed E-state index contributed by atoms with van der Waals surface area (Å²) in [6.07, 6.45) is 0.900. The van der Waals surface area contributed by atoms with Gasteiger partial charge in [-0.2, -0.15) is 0 Å². The van der Waals surface area contributed by atoms with Gasteiger partial charge in [-0.05, 0) is 28.9 Å². The highest BCUT2D eigenvalue weighted by atomic mass is 79.9. The summed E-state index contributed by atoms with van der Waals surface area (Å²) in [5.41, 5.74) is 0. The summed E-state index contributed by atoms with van der Waals surface area (Å²) in [6.45, 7) is 3.64. The zero-order valence-corrected chi connectivity index (χ0v) is 11.0. The first-order valence-corrected chi connectivity index (χ1v) is 6.27.